The van der Waals surface area contributed by atoms with E-state index in [0.717, 1.165) is 25.1 Å². The molecule has 0 bridgehead atoms. The van der Waals surface area contributed by atoms with Gasteiger partial charge in [-0.15, -0.1) is 0 Å². The largest absolute Gasteiger partial charge is 0.352 e. The summed E-state index contributed by atoms with van der Waals surface area (Å²) in [7, 11) is 0. The topological polar surface area (TPSA) is 58.1 Å². The van der Waals surface area contributed by atoms with Crippen molar-refractivity contribution in [2.75, 3.05) is 16.8 Å². The van der Waals surface area contributed by atoms with Gasteiger partial charge in [-0.2, -0.15) is 0 Å². The monoisotopic (exact) mass is 366 g/mol. The van der Waals surface area contributed by atoms with E-state index in [0.29, 0.717) is 12.4 Å². The first-order valence-electron chi connectivity index (χ1n) is 8.50. The van der Waals surface area contributed by atoms with E-state index in [-0.39, 0.29) is 11.4 Å². The third-order valence-corrected chi connectivity index (χ3v) is 4.52. The summed E-state index contributed by atoms with van der Waals surface area (Å²) < 4.78 is 26.3. The summed E-state index contributed by atoms with van der Waals surface area (Å²) in [6, 6.07) is 13.0. The molecular formula is C20H16F2N4O. The van der Waals surface area contributed by atoms with Gasteiger partial charge < -0.3 is 10.2 Å². The van der Waals surface area contributed by atoms with Crippen LogP contribution in [0, 0.1) is 11.6 Å². The van der Waals surface area contributed by atoms with Gasteiger partial charge in [0.1, 0.15) is 17.8 Å². The summed E-state index contributed by atoms with van der Waals surface area (Å²) in [5, 5.41) is 2.52. The van der Waals surface area contributed by atoms with Crippen molar-refractivity contribution < 1.29 is 13.6 Å². The number of anilines is 2. The average molecular weight is 366 g/mol. The van der Waals surface area contributed by atoms with E-state index < -0.39 is 17.5 Å². The number of fused-ring (bicyclic) bond motifs is 1. The molecule has 1 aliphatic heterocycles. The Kier molecular flexibility index (Phi) is 4.50. The zero-order valence-corrected chi connectivity index (χ0v) is 14.3. The van der Waals surface area contributed by atoms with Crippen molar-refractivity contribution in [3.8, 4) is 0 Å². The lowest BCUT2D eigenvalue weighted by atomic mass is 10.00. The Morgan fingerprint density at radius 3 is 2.63 bits per heavy atom. The summed E-state index contributed by atoms with van der Waals surface area (Å²) >= 11 is 0. The van der Waals surface area contributed by atoms with Gasteiger partial charge in [0.05, 0.1) is 0 Å². The standard InChI is InChI=1S/C20H16F2N4O/c21-16-6-5-15(9-17(16)22)25-20(27)18-10-19(24-12-23-18)26-8-7-13-3-1-2-4-14(13)11-26/h1-6,9-10,12H,7-8,11H2,(H,25,27). The number of carbonyl (C=O) groups is 1. The zero-order chi connectivity index (χ0) is 18.8. The molecule has 2 heterocycles. The normalized spacial score (nSPS) is 13.2. The Balaban J connectivity index is 1.52. The highest BCUT2D eigenvalue weighted by Crippen LogP contribution is 2.23. The smallest absolute Gasteiger partial charge is 0.274 e. The fourth-order valence-electron chi connectivity index (χ4n) is 3.10. The SMILES string of the molecule is O=C(Nc1ccc(F)c(F)c1)c1cc(N2CCc3ccccc3C2)ncn1. The summed E-state index contributed by atoms with van der Waals surface area (Å²) in [6.45, 7) is 1.50. The maximum absolute atomic E-state index is 13.3. The highest BCUT2D eigenvalue weighted by molar-refractivity contribution is 6.03. The van der Waals surface area contributed by atoms with Crippen LogP contribution >= 0.6 is 0 Å². The number of halogens is 2. The Labute approximate surface area is 154 Å². The van der Waals surface area contributed by atoms with Crippen molar-refractivity contribution in [2.45, 2.75) is 13.0 Å². The van der Waals surface area contributed by atoms with Gasteiger partial charge in [0.15, 0.2) is 11.6 Å². The summed E-state index contributed by atoms with van der Waals surface area (Å²) in [5.74, 6) is -1.86. The average Bonchev–Trinajstić information content (AvgIpc) is 2.70. The van der Waals surface area contributed by atoms with Crippen LogP contribution < -0.4 is 10.2 Å². The molecule has 1 aliphatic rings. The van der Waals surface area contributed by atoms with E-state index in [9.17, 15) is 13.6 Å². The first-order chi connectivity index (χ1) is 13.1. The van der Waals surface area contributed by atoms with Crippen LogP contribution in [0.4, 0.5) is 20.3 Å². The molecule has 0 saturated heterocycles. The number of nitrogens with zero attached hydrogens (tertiary/aromatic N) is 3. The van der Waals surface area contributed by atoms with Crippen molar-refractivity contribution >= 4 is 17.4 Å². The molecule has 136 valence electrons. The van der Waals surface area contributed by atoms with Crippen LogP contribution in [0.1, 0.15) is 21.6 Å². The molecule has 0 radical (unpaired) electrons. The molecule has 7 heteroatoms. The molecule has 0 fully saturated rings. The van der Waals surface area contributed by atoms with Gasteiger partial charge in [-0.05, 0) is 29.7 Å². The second-order valence-electron chi connectivity index (χ2n) is 6.28. The molecule has 0 aliphatic carbocycles. The highest BCUT2D eigenvalue weighted by Gasteiger charge is 2.19. The van der Waals surface area contributed by atoms with Gasteiger partial charge in [-0.1, -0.05) is 24.3 Å². The molecule has 0 saturated carbocycles. The van der Waals surface area contributed by atoms with E-state index in [1.165, 1.54) is 23.5 Å². The van der Waals surface area contributed by atoms with Gasteiger partial charge in [0.2, 0.25) is 0 Å². The lowest BCUT2D eigenvalue weighted by Crippen LogP contribution is -2.31. The zero-order valence-electron chi connectivity index (χ0n) is 14.3. The minimum atomic E-state index is -1.02. The number of hydrogen-bond donors (Lipinski definition) is 1. The molecule has 0 spiro atoms. The van der Waals surface area contributed by atoms with Crippen molar-refractivity contribution in [1.82, 2.24) is 9.97 Å². The first-order valence-corrected chi connectivity index (χ1v) is 8.50. The lowest BCUT2D eigenvalue weighted by molar-refractivity contribution is 0.102. The van der Waals surface area contributed by atoms with Gasteiger partial charge in [-0.3, -0.25) is 4.79 Å². The predicted molar refractivity (Wildman–Crippen MR) is 97.5 cm³/mol. The Bertz CT molecular complexity index is 1010. The van der Waals surface area contributed by atoms with Crippen LogP contribution in [0.25, 0.3) is 0 Å². The first kappa shape index (κ1) is 17.1. The van der Waals surface area contributed by atoms with Crippen molar-refractivity contribution in [2.24, 2.45) is 0 Å². The van der Waals surface area contributed by atoms with Crippen LogP contribution in [-0.4, -0.2) is 22.4 Å². The summed E-state index contributed by atoms with van der Waals surface area (Å²) in [4.78, 5) is 22.8. The number of nitrogens with one attached hydrogen (secondary N) is 1. The molecule has 27 heavy (non-hydrogen) atoms. The predicted octanol–water partition coefficient (Wildman–Crippen LogP) is 3.57. The van der Waals surface area contributed by atoms with E-state index in [2.05, 4.69) is 32.3 Å². The summed E-state index contributed by atoms with van der Waals surface area (Å²) in [5.41, 5.74) is 2.86. The third kappa shape index (κ3) is 3.62. The number of amides is 1. The van der Waals surface area contributed by atoms with E-state index in [1.54, 1.807) is 6.07 Å². The second kappa shape index (κ2) is 7.11. The quantitative estimate of drug-likeness (QED) is 0.770. The fourth-order valence-corrected chi connectivity index (χ4v) is 3.10. The molecule has 1 aromatic heterocycles. The van der Waals surface area contributed by atoms with Crippen LogP contribution in [0.15, 0.2) is 54.9 Å². The minimum Gasteiger partial charge on any atom is -0.352 e. The molecular weight excluding hydrogens is 350 g/mol. The van der Waals surface area contributed by atoms with Crippen LogP contribution in [-0.2, 0) is 13.0 Å². The molecule has 4 rings (SSSR count). The van der Waals surface area contributed by atoms with Crippen molar-refractivity contribution in [3.63, 3.8) is 0 Å². The molecule has 0 unspecified atom stereocenters. The second-order valence-corrected chi connectivity index (χ2v) is 6.28. The Hall–Kier alpha value is -3.35. The lowest BCUT2D eigenvalue weighted by Gasteiger charge is -2.29. The number of rotatable bonds is 3. The Morgan fingerprint density at radius 2 is 1.81 bits per heavy atom. The number of carbonyl (C=O) groups excluding carboxylic acids is 1. The summed E-state index contributed by atoms with van der Waals surface area (Å²) in [6.07, 6.45) is 2.23. The fraction of sp³-hybridized carbons (Fsp3) is 0.150. The van der Waals surface area contributed by atoms with Crippen molar-refractivity contribution in [1.29, 1.82) is 0 Å². The molecule has 1 amide bonds. The van der Waals surface area contributed by atoms with Crippen LogP contribution in [0.5, 0.6) is 0 Å². The maximum Gasteiger partial charge on any atom is 0.274 e. The van der Waals surface area contributed by atoms with Crippen LogP contribution in [0.3, 0.4) is 0 Å². The van der Waals surface area contributed by atoms with E-state index in [4.69, 9.17) is 0 Å². The molecule has 2 aromatic carbocycles. The molecule has 0 atom stereocenters. The number of benzene rings is 2. The number of aromatic nitrogens is 2. The van der Waals surface area contributed by atoms with Gasteiger partial charge in [0, 0.05) is 30.9 Å². The maximum atomic E-state index is 13.3. The van der Waals surface area contributed by atoms with Gasteiger partial charge >= 0.3 is 0 Å². The minimum absolute atomic E-state index is 0.156. The van der Waals surface area contributed by atoms with E-state index >= 15 is 0 Å². The van der Waals surface area contributed by atoms with Crippen LogP contribution in [0.2, 0.25) is 0 Å². The highest BCUT2D eigenvalue weighted by atomic mass is 19.2. The molecule has 3 aromatic rings. The van der Waals surface area contributed by atoms with Gasteiger partial charge in [0.25, 0.3) is 5.91 Å². The Morgan fingerprint density at radius 1 is 1.00 bits per heavy atom. The third-order valence-electron chi connectivity index (χ3n) is 4.52. The molecule has 5 nitrogen and oxygen atoms in total. The van der Waals surface area contributed by atoms with E-state index in [1.807, 2.05) is 12.1 Å². The van der Waals surface area contributed by atoms with Crippen molar-refractivity contribution in [3.05, 3.63) is 83.3 Å². The number of hydrogen-bond acceptors (Lipinski definition) is 4. The van der Waals surface area contributed by atoms with Gasteiger partial charge in [-0.25, -0.2) is 18.7 Å². The molecule has 1 N–H and O–H groups in total.